The topological polar surface area (TPSA) is 117 Å². The third kappa shape index (κ3) is 5.04. The minimum Gasteiger partial charge on any atom is -0.478 e. The van der Waals surface area contributed by atoms with E-state index in [1.807, 2.05) is 39.0 Å². The van der Waals surface area contributed by atoms with E-state index < -0.39 is 29.6 Å². The molecule has 3 aromatic rings. The molecule has 0 unspecified atom stereocenters. The van der Waals surface area contributed by atoms with E-state index >= 15 is 0 Å². The van der Waals surface area contributed by atoms with Crippen LogP contribution in [0.1, 0.15) is 32.8 Å². The number of imide groups is 1. The lowest BCUT2D eigenvalue weighted by atomic mass is 10.0. The maximum absolute atomic E-state index is 12.8. The number of carboxylic acids is 1. The second kappa shape index (κ2) is 9.63. The number of amides is 3. The van der Waals surface area contributed by atoms with Gasteiger partial charge in [-0.15, -0.1) is 0 Å². The van der Waals surface area contributed by atoms with Crippen LogP contribution in [0.5, 0.6) is 0 Å². The van der Waals surface area contributed by atoms with Crippen LogP contribution in [0.15, 0.2) is 57.9 Å². The zero-order chi connectivity index (χ0) is 25.3. The van der Waals surface area contributed by atoms with Crippen molar-refractivity contribution in [3.05, 3.63) is 81.5 Å². The number of carbonyl (C=O) groups is 4. The predicted molar refractivity (Wildman–Crippen MR) is 133 cm³/mol. The minimum atomic E-state index is -1.05. The quantitative estimate of drug-likeness (QED) is 0.454. The summed E-state index contributed by atoms with van der Waals surface area (Å²) in [6.45, 7) is 5.16. The fraction of sp³-hybridized carbons (Fsp3) is 0.154. The second-order valence-corrected chi connectivity index (χ2v) is 9.11. The van der Waals surface area contributed by atoms with E-state index in [0.29, 0.717) is 22.8 Å². The van der Waals surface area contributed by atoms with Gasteiger partial charge in [0, 0.05) is 17.3 Å². The van der Waals surface area contributed by atoms with Crippen molar-refractivity contribution in [2.45, 2.75) is 20.8 Å². The number of benzene rings is 2. The molecule has 2 heterocycles. The Bertz CT molecular complexity index is 1380. The molecule has 178 valence electrons. The number of carboxylic acid groups (broad SMARTS) is 1. The van der Waals surface area contributed by atoms with E-state index in [9.17, 15) is 24.3 Å². The molecule has 0 aliphatic carbocycles. The number of nitrogens with zero attached hydrogens (tertiary/aromatic N) is 1. The number of nitrogens with one attached hydrogen (secondary N) is 1. The number of hydrogen-bond acceptors (Lipinski definition) is 6. The monoisotopic (exact) mass is 490 g/mol. The second-order valence-electron chi connectivity index (χ2n) is 8.12. The van der Waals surface area contributed by atoms with Gasteiger partial charge in [0.25, 0.3) is 11.1 Å². The standard InChI is InChI=1S/C26H22N2O6S/c1-14-7-8-17(25(31)32)11-19(14)20-10-9-18(34-20)12-21-24(30)28(26(33)35-21)13-22(29)27-23-15(2)5-4-6-16(23)3/h4-12H,13H2,1-3H3,(H,27,29)(H,31,32)/b21-12-. The van der Waals surface area contributed by atoms with Gasteiger partial charge in [0.05, 0.1) is 10.5 Å². The number of rotatable bonds is 6. The highest BCUT2D eigenvalue weighted by Gasteiger charge is 2.36. The van der Waals surface area contributed by atoms with E-state index in [1.54, 1.807) is 18.2 Å². The Kier molecular flexibility index (Phi) is 6.61. The summed E-state index contributed by atoms with van der Waals surface area (Å²) >= 11 is 0.727. The fourth-order valence-corrected chi connectivity index (χ4v) is 4.51. The smallest absolute Gasteiger partial charge is 0.335 e. The summed E-state index contributed by atoms with van der Waals surface area (Å²) in [4.78, 5) is 50.1. The molecular formula is C26H22N2O6S. The first kappa shape index (κ1) is 24.0. The molecule has 3 amide bonds. The molecule has 9 heteroatoms. The number of para-hydroxylation sites is 1. The Morgan fingerprint density at radius 1 is 1.03 bits per heavy atom. The van der Waals surface area contributed by atoms with Crippen molar-refractivity contribution < 1.29 is 28.7 Å². The normalized spacial score (nSPS) is 14.6. The molecule has 0 radical (unpaired) electrons. The number of aromatic carboxylic acids is 1. The Morgan fingerprint density at radius 3 is 2.43 bits per heavy atom. The van der Waals surface area contributed by atoms with E-state index in [-0.39, 0.29) is 10.5 Å². The summed E-state index contributed by atoms with van der Waals surface area (Å²) in [6, 6.07) is 13.6. The highest BCUT2D eigenvalue weighted by Crippen LogP contribution is 2.34. The van der Waals surface area contributed by atoms with Crippen LogP contribution in [0.3, 0.4) is 0 Å². The Labute approximate surface area is 205 Å². The lowest BCUT2D eigenvalue weighted by Gasteiger charge is -2.15. The van der Waals surface area contributed by atoms with E-state index in [2.05, 4.69) is 5.32 Å². The third-order valence-electron chi connectivity index (χ3n) is 5.57. The lowest BCUT2D eigenvalue weighted by molar-refractivity contribution is -0.127. The van der Waals surface area contributed by atoms with Crippen molar-refractivity contribution in [2.24, 2.45) is 0 Å². The van der Waals surface area contributed by atoms with Crippen LogP contribution in [0.2, 0.25) is 0 Å². The highest BCUT2D eigenvalue weighted by atomic mass is 32.2. The van der Waals surface area contributed by atoms with Gasteiger partial charge >= 0.3 is 5.97 Å². The van der Waals surface area contributed by atoms with Crippen LogP contribution in [-0.4, -0.2) is 39.6 Å². The number of hydrogen-bond donors (Lipinski definition) is 2. The molecule has 2 aromatic carbocycles. The van der Waals surface area contributed by atoms with E-state index in [1.165, 1.54) is 18.2 Å². The maximum Gasteiger partial charge on any atom is 0.335 e. The molecule has 1 aliphatic heterocycles. The molecule has 2 N–H and O–H groups in total. The summed E-state index contributed by atoms with van der Waals surface area (Å²) in [5.74, 6) is -1.35. The van der Waals surface area contributed by atoms with Crippen molar-refractivity contribution in [3.63, 3.8) is 0 Å². The highest BCUT2D eigenvalue weighted by molar-refractivity contribution is 8.18. The van der Waals surface area contributed by atoms with Gasteiger partial charge in [0.2, 0.25) is 5.91 Å². The summed E-state index contributed by atoms with van der Waals surface area (Å²) < 4.78 is 5.81. The summed E-state index contributed by atoms with van der Waals surface area (Å²) in [7, 11) is 0. The third-order valence-corrected chi connectivity index (χ3v) is 6.48. The fourth-order valence-electron chi connectivity index (χ4n) is 3.70. The van der Waals surface area contributed by atoms with Crippen LogP contribution in [0, 0.1) is 20.8 Å². The van der Waals surface area contributed by atoms with Crippen LogP contribution < -0.4 is 5.32 Å². The first-order chi connectivity index (χ1) is 16.6. The van der Waals surface area contributed by atoms with Gasteiger partial charge in [-0.3, -0.25) is 19.3 Å². The molecule has 8 nitrogen and oxygen atoms in total. The van der Waals surface area contributed by atoms with Crippen molar-refractivity contribution >= 4 is 46.5 Å². The molecular weight excluding hydrogens is 468 g/mol. The van der Waals surface area contributed by atoms with Crippen molar-refractivity contribution in [2.75, 3.05) is 11.9 Å². The minimum absolute atomic E-state index is 0.129. The summed E-state index contributed by atoms with van der Waals surface area (Å²) in [6.07, 6.45) is 1.44. The molecule has 1 aromatic heterocycles. The SMILES string of the molecule is Cc1ccc(C(=O)O)cc1-c1ccc(/C=C2\SC(=O)N(CC(=O)Nc3c(C)cccc3C)C2=O)o1. The number of thioether (sulfide) groups is 1. The van der Waals surface area contributed by atoms with Gasteiger partial charge in [-0.1, -0.05) is 24.3 Å². The number of aryl methyl sites for hydroxylation is 3. The van der Waals surface area contributed by atoms with Crippen LogP contribution >= 0.6 is 11.8 Å². The maximum atomic E-state index is 12.8. The molecule has 1 saturated heterocycles. The molecule has 0 spiro atoms. The molecule has 1 fully saturated rings. The molecule has 4 rings (SSSR count). The van der Waals surface area contributed by atoms with Gasteiger partial charge in [0.15, 0.2) is 0 Å². The predicted octanol–water partition coefficient (Wildman–Crippen LogP) is 5.25. The number of furan rings is 1. The summed E-state index contributed by atoms with van der Waals surface area (Å²) in [5.41, 5.74) is 3.98. The molecule has 0 bridgehead atoms. The molecule has 1 aliphatic rings. The van der Waals surface area contributed by atoms with Crippen LogP contribution in [0.4, 0.5) is 10.5 Å². The van der Waals surface area contributed by atoms with Crippen molar-refractivity contribution in [1.82, 2.24) is 4.90 Å². The Balaban J connectivity index is 1.50. The molecule has 35 heavy (non-hydrogen) atoms. The van der Waals surface area contributed by atoms with Gasteiger partial charge in [-0.05, 0) is 73.5 Å². The first-order valence-corrected chi connectivity index (χ1v) is 11.5. The van der Waals surface area contributed by atoms with Gasteiger partial charge in [-0.2, -0.15) is 0 Å². The van der Waals surface area contributed by atoms with E-state index in [0.717, 1.165) is 33.4 Å². The summed E-state index contributed by atoms with van der Waals surface area (Å²) in [5, 5.41) is 11.5. The van der Waals surface area contributed by atoms with E-state index in [4.69, 9.17) is 4.42 Å². The van der Waals surface area contributed by atoms with Crippen LogP contribution in [-0.2, 0) is 9.59 Å². The number of carbonyl (C=O) groups excluding carboxylic acids is 3. The van der Waals surface area contributed by atoms with Crippen molar-refractivity contribution in [3.8, 4) is 11.3 Å². The Morgan fingerprint density at radius 2 is 1.74 bits per heavy atom. The largest absolute Gasteiger partial charge is 0.478 e. The lowest BCUT2D eigenvalue weighted by Crippen LogP contribution is -2.36. The van der Waals surface area contributed by atoms with Gasteiger partial charge < -0.3 is 14.8 Å². The molecule has 0 saturated carbocycles. The number of anilines is 1. The zero-order valence-electron chi connectivity index (χ0n) is 19.2. The van der Waals surface area contributed by atoms with Crippen molar-refractivity contribution in [1.29, 1.82) is 0 Å². The van der Waals surface area contributed by atoms with Gasteiger partial charge in [-0.25, -0.2) is 4.79 Å². The first-order valence-electron chi connectivity index (χ1n) is 10.7. The average Bonchev–Trinajstić information content (AvgIpc) is 3.37. The molecule has 0 atom stereocenters. The van der Waals surface area contributed by atoms with Gasteiger partial charge in [0.1, 0.15) is 18.1 Å². The van der Waals surface area contributed by atoms with Crippen LogP contribution in [0.25, 0.3) is 17.4 Å². The Hall–Kier alpha value is -4.11. The zero-order valence-corrected chi connectivity index (χ0v) is 20.1. The average molecular weight is 491 g/mol.